The Kier molecular flexibility index (Phi) is 15.5. The summed E-state index contributed by atoms with van der Waals surface area (Å²) in [5.74, 6) is 0.00231. The maximum Gasteiger partial charge on any atom is 1.00 e. The monoisotopic (exact) mass is 384 g/mol. The van der Waals surface area contributed by atoms with Crippen LogP contribution in [0.25, 0.3) is 10.6 Å². The third-order valence-electron chi connectivity index (χ3n) is 1.79. The van der Waals surface area contributed by atoms with Crippen molar-refractivity contribution >= 4 is 23.1 Å². The van der Waals surface area contributed by atoms with Crippen LogP contribution < -0.4 is 116 Å². The predicted octanol–water partition coefficient (Wildman–Crippen LogP) is -5.61. The molecule has 2 fully saturated rings. The van der Waals surface area contributed by atoms with Gasteiger partial charge in [-0.25, -0.2) is 0 Å². The zero-order chi connectivity index (χ0) is 10.6. The number of nitrogens with zero attached hydrogens (tertiary/aromatic N) is 4. The summed E-state index contributed by atoms with van der Waals surface area (Å²) in [5.41, 5.74) is 0. The van der Waals surface area contributed by atoms with Crippen LogP contribution in [0, 0.1) is 0 Å². The van der Waals surface area contributed by atoms with Gasteiger partial charge in [-0.3, -0.25) is 0 Å². The summed E-state index contributed by atoms with van der Waals surface area (Å²) in [4.78, 5) is 15.0. The van der Waals surface area contributed by atoms with Crippen LogP contribution in [0.4, 0.5) is 0 Å². The second kappa shape index (κ2) is 11.7. The molecule has 8 heteroatoms. The fraction of sp³-hybridized carbons (Fsp3) is 0.750. The zero-order valence-corrected chi connectivity index (χ0v) is 21.1. The van der Waals surface area contributed by atoms with E-state index in [0.29, 0.717) is 13.2 Å². The van der Waals surface area contributed by atoms with Crippen molar-refractivity contribution in [2.24, 2.45) is 0 Å². The summed E-state index contributed by atoms with van der Waals surface area (Å²) in [6, 6.07) is 0. The van der Waals surface area contributed by atoms with E-state index in [1.165, 1.54) is 0 Å². The largest absolute Gasteiger partial charge is 1.00 e. The summed E-state index contributed by atoms with van der Waals surface area (Å²) in [6.07, 6.45) is 0. The molecule has 2 aliphatic heterocycles. The molecule has 0 aliphatic carbocycles. The third-order valence-corrected chi connectivity index (χ3v) is 2.05. The van der Waals surface area contributed by atoms with Gasteiger partial charge in [0.05, 0.1) is 5.91 Å². The van der Waals surface area contributed by atoms with Crippen LogP contribution in [-0.4, -0.2) is 61.2 Å². The van der Waals surface area contributed by atoms with Crippen LogP contribution in [0.2, 0.25) is 0 Å². The predicted molar refractivity (Wildman–Crippen MR) is 59.3 cm³/mol. The van der Waals surface area contributed by atoms with Crippen LogP contribution in [0.1, 0.15) is 0 Å². The number of likely N-dealkylation sites (N-methyl/N-ethyl adjacent to an activating group) is 2. The Morgan fingerprint density at radius 3 is 1.69 bits per heavy atom. The first-order valence-electron chi connectivity index (χ1n) is 4.35. The minimum atomic E-state index is 0. The topological polar surface area (TPSA) is 51.8 Å². The van der Waals surface area contributed by atoms with Gasteiger partial charge in [0.1, 0.15) is 0 Å². The average Bonchev–Trinajstić information content (AvgIpc) is 2.63. The molecule has 0 unspecified atom stereocenters. The minimum absolute atomic E-state index is 0. The van der Waals surface area contributed by atoms with Crippen LogP contribution in [0.15, 0.2) is 0 Å². The minimum Gasteiger partial charge on any atom is -0.666 e. The van der Waals surface area contributed by atoms with Gasteiger partial charge in [-0.1, -0.05) is 18.3 Å². The molecule has 2 saturated heterocycles. The summed E-state index contributed by atoms with van der Waals surface area (Å²) >= 11 is 4.79. The normalized spacial score (nSPS) is 19.9. The van der Waals surface area contributed by atoms with E-state index in [9.17, 15) is 4.79 Å². The smallest absolute Gasteiger partial charge is 0.666 e. The van der Waals surface area contributed by atoms with E-state index >= 15 is 0 Å². The van der Waals surface area contributed by atoms with Gasteiger partial charge in [0.2, 0.25) is 0 Å². The third kappa shape index (κ3) is 9.77. The maximum absolute atomic E-state index is 10.2. The zero-order valence-electron chi connectivity index (χ0n) is 10.4. The van der Waals surface area contributed by atoms with E-state index in [4.69, 9.17) is 12.2 Å². The van der Waals surface area contributed by atoms with Gasteiger partial charge in [0, 0.05) is 13.1 Å². The van der Waals surface area contributed by atoms with Gasteiger partial charge >= 0.3 is 116 Å². The van der Waals surface area contributed by atoms with Crippen molar-refractivity contribution in [2.45, 2.75) is 0 Å². The molecule has 2 aliphatic rings. The summed E-state index contributed by atoms with van der Waals surface area (Å²) in [6.45, 7) is 2.74. The van der Waals surface area contributed by atoms with Gasteiger partial charge in [-0.2, -0.15) is 0 Å². The first-order chi connectivity index (χ1) is 6.58. The summed E-state index contributed by atoms with van der Waals surface area (Å²) in [5, 5.41) is 7.58. The molecule has 2 heterocycles. The molecule has 80 valence electrons. The standard InChI is InChI=1S/C4H8N2O.C4H8N2S.2Rb/c2*1-6-2-4(7)5-3-6;;/h2*2-3H2,1H3,(H,5,7);;/q;;2*+1/p-2. The molecule has 0 atom stereocenters. The van der Waals surface area contributed by atoms with Crippen molar-refractivity contribution < 1.29 is 121 Å². The molecular formula is C8H14N4ORb2S. The molecule has 0 saturated carbocycles. The molecule has 0 aromatic heterocycles. The Morgan fingerprint density at radius 2 is 1.56 bits per heavy atom. The van der Waals surface area contributed by atoms with Gasteiger partial charge in [-0.05, 0) is 14.1 Å². The number of carbonyl (C=O) groups is 1. The molecule has 0 spiro atoms. The molecule has 2 rings (SSSR count). The van der Waals surface area contributed by atoms with E-state index in [2.05, 4.69) is 15.5 Å². The van der Waals surface area contributed by atoms with Crippen molar-refractivity contribution in [3.63, 3.8) is 0 Å². The Morgan fingerprint density at radius 1 is 1.06 bits per heavy atom. The Hall–Kier alpha value is 2.89. The molecule has 0 radical (unpaired) electrons. The Balaban J connectivity index is 0. The van der Waals surface area contributed by atoms with E-state index in [-0.39, 0.29) is 122 Å². The van der Waals surface area contributed by atoms with E-state index in [1.54, 1.807) is 0 Å². The maximum atomic E-state index is 10.2. The van der Waals surface area contributed by atoms with Crippen LogP contribution in [0.5, 0.6) is 0 Å². The Bertz CT molecular complexity index is 218. The fourth-order valence-corrected chi connectivity index (χ4v) is 1.34. The van der Waals surface area contributed by atoms with Crippen LogP contribution in [0.3, 0.4) is 0 Å². The number of rotatable bonds is 0. The average molecular weight is 385 g/mol. The number of amides is 1. The van der Waals surface area contributed by atoms with Crippen molar-refractivity contribution in [3.05, 3.63) is 10.6 Å². The SMILES string of the molecule is CN1C[N-]C(=O)C1.CN1C[N-]C(=S)C1.[Rb+].[Rb+]. The van der Waals surface area contributed by atoms with Gasteiger partial charge < -0.3 is 25.2 Å². The van der Waals surface area contributed by atoms with Crippen molar-refractivity contribution in [1.82, 2.24) is 9.80 Å². The van der Waals surface area contributed by atoms with Gasteiger partial charge in [0.15, 0.2) is 0 Å². The van der Waals surface area contributed by atoms with E-state index in [1.807, 2.05) is 19.0 Å². The molecule has 0 aromatic carbocycles. The second-order valence-electron chi connectivity index (χ2n) is 3.41. The van der Waals surface area contributed by atoms with Crippen LogP contribution in [-0.2, 0) is 4.79 Å². The Labute approximate surface area is 200 Å². The van der Waals surface area contributed by atoms with Crippen molar-refractivity contribution in [3.8, 4) is 0 Å². The summed E-state index contributed by atoms with van der Waals surface area (Å²) in [7, 11) is 3.87. The second-order valence-corrected chi connectivity index (χ2v) is 3.89. The summed E-state index contributed by atoms with van der Waals surface area (Å²) < 4.78 is 0. The number of thiocarbonyl (C=S) groups is 1. The van der Waals surface area contributed by atoms with Crippen LogP contribution >= 0.6 is 12.2 Å². The van der Waals surface area contributed by atoms with Gasteiger partial charge in [0.25, 0.3) is 0 Å². The molecule has 5 nitrogen and oxygen atoms in total. The number of hydrogen-bond donors (Lipinski definition) is 0. The first-order valence-corrected chi connectivity index (χ1v) is 4.76. The molecule has 1 amide bonds. The number of hydrogen-bond acceptors (Lipinski definition) is 4. The first kappa shape index (κ1) is 21.2. The molecule has 0 N–H and O–H groups in total. The molecule has 0 aromatic rings. The fourth-order valence-electron chi connectivity index (χ4n) is 1.06. The van der Waals surface area contributed by atoms with Gasteiger partial charge in [-0.15, -0.1) is 12.2 Å². The number of carbonyl (C=O) groups excluding carboxylic acids is 1. The molecule has 16 heavy (non-hydrogen) atoms. The van der Waals surface area contributed by atoms with E-state index in [0.717, 1.165) is 18.2 Å². The molecular weight excluding hydrogens is 371 g/mol. The quantitative estimate of drug-likeness (QED) is 0.391. The molecule has 0 bridgehead atoms. The van der Waals surface area contributed by atoms with E-state index < -0.39 is 0 Å². The van der Waals surface area contributed by atoms with Crippen molar-refractivity contribution in [2.75, 3.05) is 40.5 Å². The van der Waals surface area contributed by atoms with Crippen molar-refractivity contribution in [1.29, 1.82) is 0 Å².